The third kappa shape index (κ3) is 3.54. The van der Waals surface area contributed by atoms with Crippen LogP contribution in [0, 0.1) is 5.92 Å². The number of H-pyrrole nitrogens is 1. The van der Waals surface area contributed by atoms with Gasteiger partial charge in [-0.3, -0.25) is 9.59 Å². The first-order valence-corrected chi connectivity index (χ1v) is 9.36. The molecule has 6 nitrogen and oxygen atoms in total. The van der Waals surface area contributed by atoms with Gasteiger partial charge >= 0.3 is 0 Å². The lowest BCUT2D eigenvalue weighted by Gasteiger charge is -2.21. The minimum atomic E-state index is -0.000954. The highest BCUT2D eigenvalue weighted by Crippen LogP contribution is 2.28. The van der Waals surface area contributed by atoms with Gasteiger partial charge in [-0.2, -0.15) is 0 Å². The van der Waals surface area contributed by atoms with E-state index in [2.05, 4.69) is 23.5 Å². The van der Waals surface area contributed by atoms with Crippen LogP contribution in [0.25, 0.3) is 11.2 Å². The number of aromatic amines is 1. The van der Waals surface area contributed by atoms with Crippen molar-refractivity contribution >= 4 is 22.9 Å². The number of nitrogens with zero attached hydrogens (tertiary/aromatic N) is 3. The molecule has 1 fully saturated rings. The van der Waals surface area contributed by atoms with E-state index in [0.29, 0.717) is 29.1 Å². The van der Waals surface area contributed by atoms with Gasteiger partial charge in [0.25, 0.3) is 0 Å². The quantitative estimate of drug-likeness (QED) is 0.611. The normalized spacial score (nSPS) is 19.8. The predicted octanol–water partition coefficient (Wildman–Crippen LogP) is 3.30. The molecule has 1 saturated heterocycles. The molecule has 2 aromatic rings. The van der Waals surface area contributed by atoms with E-state index >= 15 is 0 Å². The second-order valence-electron chi connectivity index (χ2n) is 7.00. The molecule has 2 aromatic heterocycles. The molecule has 0 bridgehead atoms. The molecule has 3 rings (SSSR count). The molecule has 2 atom stereocenters. The monoisotopic (exact) mass is 354 g/mol. The number of fused-ring (bicyclic) bond motifs is 1. The third-order valence-electron chi connectivity index (χ3n) is 5.14. The summed E-state index contributed by atoms with van der Waals surface area (Å²) in [5.74, 6) is 0.447. The Hall–Kier alpha value is -2.50. The summed E-state index contributed by atoms with van der Waals surface area (Å²) in [6.45, 7) is 8.42. The van der Waals surface area contributed by atoms with Crippen molar-refractivity contribution in [3.63, 3.8) is 0 Å². The molecule has 1 aliphatic heterocycles. The number of Topliss-reactive ketones (excluding diaryl/α,β-unsaturated/α-hetero) is 1. The van der Waals surface area contributed by atoms with Crippen LogP contribution in [-0.4, -0.2) is 44.1 Å². The van der Waals surface area contributed by atoms with Crippen LogP contribution >= 0.6 is 0 Å². The minimum Gasteiger partial charge on any atom is -0.344 e. The summed E-state index contributed by atoms with van der Waals surface area (Å²) in [6.07, 6.45) is 8.85. The number of carbonyl (C=O) groups excluding carboxylic acids is 2. The van der Waals surface area contributed by atoms with E-state index in [1.807, 2.05) is 11.8 Å². The van der Waals surface area contributed by atoms with Crippen molar-refractivity contribution in [2.45, 2.75) is 52.0 Å². The summed E-state index contributed by atoms with van der Waals surface area (Å²) in [6, 6.07) is 0.260. The molecule has 0 unspecified atom stereocenters. The fraction of sp³-hybridized carbons (Fsp3) is 0.500. The number of amides is 1. The van der Waals surface area contributed by atoms with Crippen molar-refractivity contribution < 1.29 is 9.59 Å². The molecular weight excluding hydrogens is 328 g/mol. The third-order valence-corrected chi connectivity index (χ3v) is 5.14. The first-order valence-electron chi connectivity index (χ1n) is 9.36. The molecule has 3 heterocycles. The van der Waals surface area contributed by atoms with Gasteiger partial charge in [-0.05, 0) is 37.7 Å². The van der Waals surface area contributed by atoms with Gasteiger partial charge in [0.05, 0.1) is 17.5 Å². The average Bonchev–Trinajstić information content (AvgIpc) is 3.24. The van der Waals surface area contributed by atoms with Crippen LogP contribution in [0.15, 0.2) is 25.0 Å². The molecule has 0 saturated carbocycles. The molecule has 1 N–H and O–H groups in total. The molecule has 1 aliphatic rings. The van der Waals surface area contributed by atoms with Crippen LogP contribution in [0.4, 0.5) is 0 Å². The van der Waals surface area contributed by atoms with Gasteiger partial charge in [0.15, 0.2) is 11.4 Å². The van der Waals surface area contributed by atoms with E-state index in [1.54, 1.807) is 12.4 Å². The summed E-state index contributed by atoms with van der Waals surface area (Å²) < 4.78 is 0. The van der Waals surface area contributed by atoms with Gasteiger partial charge in [0.2, 0.25) is 5.91 Å². The highest BCUT2D eigenvalue weighted by atomic mass is 16.2. The average molecular weight is 354 g/mol. The Labute approximate surface area is 153 Å². The van der Waals surface area contributed by atoms with Gasteiger partial charge in [0.1, 0.15) is 5.52 Å². The van der Waals surface area contributed by atoms with Gasteiger partial charge in [0, 0.05) is 25.2 Å². The zero-order chi connectivity index (χ0) is 18.7. The maximum atomic E-state index is 12.3. The number of nitrogens with one attached hydrogen (secondary N) is 1. The number of likely N-dealkylation sites (tertiary alicyclic amines) is 1. The maximum absolute atomic E-state index is 12.3. The summed E-state index contributed by atoms with van der Waals surface area (Å²) in [7, 11) is 0. The van der Waals surface area contributed by atoms with Crippen molar-refractivity contribution in [3.05, 3.63) is 36.3 Å². The number of aromatic nitrogens is 3. The first-order chi connectivity index (χ1) is 12.6. The van der Waals surface area contributed by atoms with Gasteiger partial charge in [-0.1, -0.05) is 20.4 Å². The molecule has 0 aliphatic carbocycles. The lowest BCUT2D eigenvalue weighted by Crippen LogP contribution is -2.34. The highest BCUT2D eigenvalue weighted by Gasteiger charge is 2.33. The Bertz CT molecular complexity index is 826. The summed E-state index contributed by atoms with van der Waals surface area (Å²) in [4.78, 5) is 38.4. The van der Waals surface area contributed by atoms with Crippen LogP contribution in [-0.2, 0) is 11.2 Å². The van der Waals surface area contributed by atoms with Crippen molar-refractivity contribution in [2.24, 2.45) is 5.92 Å². The number of rotatable bonds is 7. The Morgan fingerprint density at radius 3 is 2.92 bits per heavy atom. The maximum Gasteiger partial charge on any atom is 0.246 e. The summed E-state index contributed by atoms with van der Waals surface area (Å²) >= 11 is 0. The minimum absolute atomic E-state index is 0.000954. The molecule has 26 heavy (non-hydrogen) atoms. The number of ketones is 1. The highest BCUT2D eigenvalue weighted by molar-refractivity contribution is 6.05. The van der Waals surface area contributed by atoms with Crippen LogP contribution in [0.1, 0.15) is 55.6 Å². The molecule has 0 aromatic carbocycles. The zero-order valence-corrected chi connectivity index (χ0v) is 15.5. The second-order valence-corrected chi connectivity index (χ2v) is 7.00. The standard InChI is InChI=1S/C20H26N4O2/c1-4-7-17(25)16-11-22-20-19(16)23-14(10-21-20)8-13-9-15(5-2)24(12-13)18(26)6-3/h6,10-11,13,15H,3-5,7-9,12H2,1-2H3,(H,21,22)/t13-,15+/m1/s1. The molecule has 138 valence electrons. The first kappa shape index (κ1) is 18.3. The van der Waals surface area contributed by atoms with Gasteiger partial charge in [-0.15, -0.1) is 0 Å². The predicted molar refractivity (Wildman–Crippen MR) is 101 cm³/mol. The van der Waals surface area contributed by atoms with E-state index in [1.165, 1.54) is 6.08 Å². The summed E-state index contributed by atoms with van der Waals surface area (Å²) in [5, 5.41) is 0. The Morgan fingerprint density at radius 2 is 2.23 bits per heavy atom. The van der Waals surface area contributed by atoms with Crippen molar-refractivity contribution in [1.82, 2.24) is 19.9 Å². The van der Waals surface area contributed by atoms with Crippen molar-refractivity contribution in [3.8, 4) is 0 Å². The molecule has 1 amide bonds. The Balaban J connectivity index is 1.79. The smallest absolute Gasteiger partial charge is 0.246 e. The van der Waals surface area contributed by atoms with Crippen molar-refractivity contribution in [2.75, 3.05) is 6.54 Å². The van der Waals surface area contributed by atoms with E-state index in [4.69, 9.17) is 4.98 Å². The SMILES string of the molecule is C=CC(=O)N1C[C@H](Cc2cnc3[nH]cc(C(=O)CCC)c3n2)C[C@@H]1CC. The van der Waals surface area contributed by atoms with Crippen LogP contribution in [0.3, 0.4) is 0 Å². The Kier molecular flexibility index (Phi) is 5.49. The van der Waals surface area contributed by atoms with Gasteiger partial charge < -0.3 is 9.88 Å². The largest absolute Gasteiger partial charge is 0.344 e. The van der Waals surface area contributed by atoms with Crippen LogP contribution in [0.2, 0.25) is 0 Å². The molecule has 0 spiro atoms. The summed E-state index contributed by atoms with van der Waals surface area (Å²) in [5.41, 5.74) is 2.80. The van der Waals surface area contributed by atoms with Crippen LogP contribution in [0.5, 0.6) is 0 Å². The Morgan fingerprint density at radius 1 is 1.42 bits per heavy atom. The van der Waals surface area contributed by atoms with Crippen molar-refractivity contribution in [1.29, 1.82) is 0 Å². The fourth-order valence-corrected chi connectivity index (χ4v) is 3.83. The number of carbonyl (C=O) groups is 2. The zero-order valence-electron chi connectivity index (χ0n) is 15.5. The molecule has 0 radical (unpaired) electrons. The van der Waals surface area contributed by atoms with E-state index in [-0.39, 0.29) is 17.7 Å². The number of hydrogen-bond acceptors (Lipinski definition) is 4. The second kappa shape index (κ2) is 7.81. The molecule has 6 heteroatoms. The lowest BCUT2D eigenvalue weighted by atomic mass is 9.99. The number of hydrogen-bond donors (Lipinski definition) is 1. The van der Waals surface area contributed by atoms with Gasteiger partial charge in [-0.25, -0.2) is 9.97 Å². The van der Waals surface area contributed by atoms with Crippen LogP contribution < -0.4 is 0 Å². The topological polar surface area (TPSA) is 79.0 Å². The van der Waals surface area contributed by atoms with E-state index in [9.17, 15) is 9.59 Å². The lowest BCUT2D eigenvalue weighted by molar-refractivity contribution is -0.126. The van der Waals surface area contributed by atoms with E-state index < -0.39 is 0 Å². The molecular formula is C20H26N4O2. The van der Waals surface area contributed by atoms with E-state index in [0.717, 1.165) is 37.9 Å². The fourth-order valence-electron chi connectivity index (χ4n) is 3.83.